The first kappa shape index (κ1) is 20.3. The largest absolute Gasteiger partial charge is 0.465 e. The van der Waals surface area contributed by atoms with Crippen LogP contribution < -0.4 is 4.74 Å². The van der Waals surface area contributed by atoms with Crippen molar-refractivity contribution >= 4 is 24.5 Å². The van der Waals surface area contributed by atoms with Gasteiger partial charge in [-0.1, -0.05) is 18.2 Å². The van der Waals surface area contributed by atoms with Crippen LogP contribution in [0.1, 0.15) is 32.3 Å². The van der Waals surface area contributed by atoms with Crippen LogP contribution >= 0.6 is 0 Å². The lowest BCUT2D eigenvalue weighted by Crippen LogP contribution is -2.16. The second-order valence-electron chi connectivity index (χ2n) is 5.42. The van der Waals surface area contributed by atoms with Gasteiger partial charge in [-0.15, -0.1) is 0 Å². The van der Waals surface area contributed by atoms with Gasteiger partial charge in [-0.2, -0.15) is 0 Å². The molecule has 0 aliphatic rings. The lowest BCUT2D eigenvalue weighted by Gasteiger charge is -2.13. The Kier molecular flexibility index (Phi) is 8.85. The fourth-order valence-electron chi connectivity index (χ4n) is 2.29. The van der Waals surface area contributed by atoms with E-state index in [0.29, 0.717) is 30.3 Å². The number of rotatable bonds is 10. The Labute approximate surface area is 146 Å². The molecule has 0 saturated heterocycles. The van der Waals surface area contributed by atoms with Crippen LogP contribution in [0.15, 0.2) is 35.9 Å². The Bertz CT molecular complexity index is 630. The Morgan fingerprint density at radius 1 is 1.16 bits per heavy atom. The van der Waals surface area contributed by atoms with Gasteiger partial charge in [0.25, 0.3) is 0 Å². The van der Waals surface area contributed by atoms with E-state index < -0.39 is 11.9 Å². The summed E-state index contributed by atoms with van der Waals surface area (Å²) in [4.78, 5) is 44.4. The van der Waals surface area contributed by atoms with Crippen LogP contribution in [0.2, 0.25) is 0 Å². The molecule has 1 aromatic rings. The molecule has 0 aliphatic heterocycles. The molecular formula is C19H22O6. The van der Waals surface area contributed by atoms with Crippen LogP contribution in [0.3, 0.4) is 0 Å². The van der Waals surface area contributed by atoms with Crippen molar-refractivity contribution < 1.29 is 28.7 Å². The number of benzene rings is 1. The van der Waals surface area contributed by atoms with E-state index in [1.54, 1.807) is 37.3 Å². The Morgan fingerprint density at radius 2 is 1.84 bits per heavy atom. The summed E-state index contributed by atoms with van der Waals surface area (Å²) in [5.74, 6) is -0.833. The third-order valence-corrected chi connectivity index (χ3v) is 3.57. The van der Waals surface area contributed by atoms with Crippen LogP contribution in [-0.4, -0.2) is 31.1 Å². The molecule has 0 radical (unpaired) electrons. The zero-order chi connectivity index (χ0) is 18.7. The summed E-state index contributed by atoms with van der Waals surface area (Å²) in [7, 11) is 0. The summed E-state index contributed by atoms with van der Waals surface area (Å²) in [6.07, 6.45) is 3.54. The summed E-state index contributed by atoms with van der Waals surface area (Å²) in [6.45, 7) is 3.20. The smallest absolute Gasteiger partial charge is 0.308 e. The van der Waals surface area contributed by atoms with Gasteiger partial charge in [0.2, 0.25) is 0 Å². The molecule has 0 aliphatic carbocycles. The summed E-state index contributed by atoms with van der Waals surface area (Å²) >= 11 is 0. The highest BCUT2D eigenvalue weighted by Gasteiger charge is 2.18. The van der Waals surface area contributed by atoms with Crippen molar-refractivity contribution in [2.75, 3.05) is 6.61 Å². The molecule has 0 saturated carbocycles. The third kappa shape index (κ3) is 7.56. The van der Waals surface area contributed by atoms with Gasteiger partial charge in [-0.3, -0.25) is 14.4 Å². The Morgan fingerprint density at radius 3 is 2.36 bits per heavy atom. The maximum Gasteiger partial charge on any atom is 0.308 e. The van der Waals surface area contributed by atoms with Gasteiger partial charge >= 0.3 is 11.9 Å². The summed E-state index contributed by atoms with van der Waals surface area (Å²) in [5, 5.41) is 0. The lowest BCUT2D eigenvalue weighted by atomic mass is 9.93. The minimum atomic E-state index is -0.454. The molecule has 1 rings (SSSR count). The van der Waals surface area contributed by atoms with E-state index in [2.05, 4.69) is 0 Å². The van der Waals surface area contributed by atoms with Crippen molar-refractivity contribution in [3.05, 3.63) is 41.5 Å². The summed E-state index contributed by atoms with van der Waals surface area (Å²) in [6, 6.07) is 6.90. The molecule has 0 fully saturated rings. The second kappa shape index (κ2) is 10.9. The Balaban J connectivity index is 2.46. The first-order chi connectivity index (χ1) is 12.0. The molecule has 6 nitrogen and oxygen atoms in total. The van der Waals surface area contributed by atoms with Crippen LogP contribution in [0, 0.1) is 5.92 Å². The van der Waals surface area contributed by atoms with Crippen LogP contribution in [0.25, 0.3) is 0 Å². The molecular weight excluding hydrogens is 324 g/mol. The third-order valence-electron chi connectivity index (χ3n) is 3.57. The van der Waals surface area contributed by atoms with Crippen LogP contribution in [0.5, 0.6) is 5.75 Å². The zero-order valence-electron chi connectivity index (χ0n) is 14.4. The second-order valence-corrected chi connectivity index (χ2v) is 5.42. The van der Waals surface area contributed by atoms with Gasteiger partial charge in [-0.05, 0) is 30.2 Å². The summed E-state index contributed by atoms with van der Waals surface area (Å²) < 4.78 is 10.1. The van der Waals surface area contributed by atoms with Gasteiger partial charge in [0.05, 0.1) is 13.0 Å². The topological polar surface area (TPSA) is 86.7 Å². The highest BCUT2D eigenvalue weighted by Crippen LogP contribution is 2.18. The minimum absolute atomic E-state index is 0.0114. The average Bonchev–Trinajstić information content (AvgIpc) is 2.57. The van der Waals surface area contributed by atoms with E-state index in [0.717, 1.165) is 5.56 Å². The lowest BCUT2D eigenvalue weighted by molar-refractivity contribution is -0.144. The number of hydrogen-bond donors (Lipinski definition) is 0. The van der Waals surface area contributed by atoms with E-state index in [1.165, 1.54) is 6.92 Å². The molecule has 25 heavy (non-hydrogen) atoms. The molecule has 6 heteroatoms. The predicted molar refractivity (Wildman–Crippen MR) is 91.0 cm³/mol. The van der Waals surface area contributed by atoms with Crippen molar-refractivity contribution in [3.8, 4) is 5.75 Å². The van der Waals surface area contributed by atoms with E-state index >= 15 is 0 Å². The van der Waals surface area contributed by atoms with Gasteiger partial charge < -0.3 is 14.3 Å². The normalized spacial score (nSPS) is 12.2. The van der Waals surface area contributed by atoms with Crippen LogP contribution in [0.4, 0.5) is 0 Å². The van der Waals surface area contributed by atoms with Gasteiger partial charge in [0, 0.05) is 25.7 Å². The number of ether oxygens (including phenoxy) is 2. The SMILES string of the molecule is CC=C(C=O)C(CC=O)CC(=O)OCCc1ccc(OC(C)=O)cc1. The first-order valence-electron chi connectivity index (χ1n) is 7.98. The fraction of sp³-hybridized carbons (Fsp3) is 0.368. The van der Waals surface area contributed by atoms with E-state index in [4.69, 9.17) is 9.47 Å². The van der Waals surface area contributed by atoms with Crippen molar-refractivity contribution in [3.63, 3.8) is 0 Å². The predicted octanol–water partition coefficient (Wildman–Crippen LogP) is 2.44. The quantitative estimate of drug-likeness (QED) is 0.280. The van der Waals surface area contributed by atoms with Crippen molar-refractivity contribution in [1.29, 1.82) is 0 Å². The molecule has 0 aromatic heterocycles. The fourth-order valence-corrected chi connectivity index (χ4v) is 2.29. The monoisotopic (exact) mass is 346 g/mol. The molecule has 0 N–H and O–H groups in total. The zero-order valence-corrected chi connectivity index (χ0v) is 14.4. The maximum absolute atomic E-state index is 11.9. The van der Waals surface area contributed by atoms with Gasteiger partial charge in [0.1, 0.15) is 18.3 Å². The number of aldehydes is 2. The van der Waals surface area contributed by atoms with Crippen molar-refractivity contribution in [2.24, 2.45) is 5.92 Å². The number of carbonyl (C=O) groups excluding carboxylic acids is 4. The molecule has 1 unspecified atom stereocenters. The molecule has 1 aromatic carbocycles. The van der Waals surface area contributed by atoms with Crippen LogP contribution in [-0.2, 0) is 30.3 Å². The van der Waals surface area contributed by atoms with Gasteiger partial charge in [0.15, 0.2) is 0 Å². The number of hydrogen-bond acceptors (Lipinski definition) is 6. The van der Waals surface area contributed by atoms with E-state index in [1.807, 2.05) is 0 Å². The summed E-state index contributed by atoms with van der Waals surface area (Å²) in [5.41, 5.74) is 1.35. The Hall–Kier alpha value is -2.76. The molecule has 0 bridgehead atoms. The number of carbonyl (C=O) groups is 4. The molecule has 0 spiro atoms. The van der Waals surface area contributed by atoms with Crippen molar-refractivity contribution in [1.82, 2.24) is 0 Å². The average molecular weight is 346 g/mol. The van der Waals surface area contributed by atoms with Gasteiger partial charge in [-0.25, -0.2) is 0 Å². The van der Waals surface area contributed by atoms with E-state index in [9.17, 15) is 19.2 Å². The minimum Gasteiger partial charge on any atom is -0.465 e. The number of esters is 2. The molecule has 134 valence electrons. The van der Waals surface area contributed by atoms with Crippen molar-refractivity contribution in [2.45, 2.75) is 33.1 Å². The molecule has 0 amide bonds. The first-order valence-corrected chi connectivity index (χ1v) is 7.98. The molecule has 0 heterocycles. The maximum atomic E-state index is 11.9. The molecule has 1 atom stereocenters. The highest BCUT2D eigenvalue weighted by molar-refractivity contribution is 5.78. The highest BCUT2D eigenvalue weighted by atomic mass is 16.5. The standard InChI is InChI=1S/C19H22O6/c1-3-16(13-21)17(8-10-20)12-19(23)24-11-9-15-4-6-18(7-5-15)25-14(2)22/h3-7,10,13,17H,8-9,11-12H2,1-2H3. The number of allylic oxidation sites excluding steroid dienone is 2. The van der Waals surface area contributed by atoms with E-state index in [-0.39, 0.29) is 25.4 Å².